The van der Waals surface area contributed by atoms with Crippen molar-refractivity contribution in [2.75, 3.05) is 0 Å². The van der Waals surface area contributed by atoms with E-state index in [4.69, 9.17) is 0 Å². The van der Waals surface area contributed by atoms with Crippen molar-refractivity contribution in [3.63, 3.8) is 0 Å². The Morgan fingerprint density at radius 1 is 1.12 bits per heavy atom. The van der Waals surface area contributed by atoms with Crippen LogP contribution in [0.3, 0.4) is 0 Å². The normalized spacial score (nSPS) is 10.3. The molecule has 0 fully saturated rings. The third-order valence-corrected chi connectivity index (χ3v) is 2.69. The zero-order chi connectivity index (χ0) is 12.4. The molecular weight excluding hydrogens is 212 g/mol. The summed E-state index contributed by atoms with van der Waals surface area (Å²) in [7, 11) is 0. The van der Waals surface area contributed by atoms with E-state index >= 15 is 0 Å². The molecule has 1 heterocycles. The highest BCUT2D eigenvalue weighted by Gasteiger charge is 2.10. The quantitative estimate of drug-likeness (QED) is 0.739. The first-order valence-electron chi connectivity index (χ1n) is 5.50. The number of hydrogen-bond acceptors (Lipinski definition) is 3. The minimum Gasteiger partial charge on any atom is -0.291 e. The first kappa shape index (κ1) is 11.5. The highest BCUT2D eigenvalue weighted by Crippen LogP contribution is 2.23. The van der Waals surface area contributed by atoms with Crippen molar-refractivity contribution in [1.82, 2.24) is 9.97 Å². The Morgan fingerprint density at radius 2 is 1.82 bits per heavy atom. The van der Waals surface area contributed by atoms with Crippen molar-refractivity contribution < 1.29 is 4.79 Å². The van der Waals surface area contributed by atoms with E-state index < -0.39 is 0 Å². The molecule has 0 spiro atoms. The topological polar surface area (TPSA) is 42.9 Å². The minimum absolute atomic E-state index is 0.111. The Morgan fingerprint density at radius 3 is 2.47 bits per heavy atom. The van der Waals surface area contributed by atoms with Crippen LogP contribution in [0.4, 0.5) is 0 Å². The molecule has 3 nitrogen and oxygen atoms in total. The predicted octanol–water partition coefficient (Wildman–Crippen LogP) is 2.96. The van der Waals surface area contributed by atoms with Crippen molar-refractivity contribution in [3.8, 4) is 11.3 Å². The van der Waals surface area contributed by atoms with Crippen LogP contribution >= 0.6 is 0 Å². The number of aryl methyl sites for hydroxylation is 2. The fourth-order valence-electron chi connectivity index (χ4n) is 1.72. The molecule has 2 rings (SSSR count). The Bertz CT molecular complexity index is 576. The van der Waals surface area contributed by atoms with Crippen LogP contribution in [0.15, 0.2) is 30.5 Å². The molecule has 2 aromatic rings. The first-order valence-corrected chi connectivity index (χ1v) is 5.50. The lowest BCUT2D eigenvalue weighted by Gasteiger charge is -2.08. The van der Waals surface area contributed by atoms with Crippen LogP contribution in [0.1, 0.15) is 28.7 Å². The zero-order valence-corrected chi connectivity index (χ0v) is 10.2. The van der Waals surface area contributed by atoms with Gasteiger partial charge in [-0.1, -0.05) is 24.3 Å². The molecule has 0 bridgehead atoms. The van der Waals surface area contributed by atoms with Gasteiger partial charge in [0.15, 0.2) is 11.6 Å². The van der Waals surface area contributed by atoms with Crippen molar-refractivity contribution in [2.24, 2.45) is 0 Å². The molecule has 0 amide bonds. The molecular formula is C14H14N2O. The molecule has 1 aromatic heterocycles. The maximum atomic E-state index is 11.3. The smallest absolute Gasteiger partial charge is 0.196 e. The van der Waals surface area contributed by atoms with Crippen LogP contribution in [-0.4, -0.2) is 15.8 Å². The monoisotopic (exact) mass is 226 g/mol. The zero-order valence-electron chi connectivity index (χ0n) is 10.2. The van der Waals surface area contributed by atoms with Gasteiger partial charge in [-0.2, -0.15) is 0 Å². The molecule has 0 aliphatic carbocycles. The second kappa shape index (κ2) is 4.45. The van der Waals surface area contributed by atoms with Gasteiger partial charge in [0.25, 0.3) is 0 Å². The van der Waals surface area contributed by atoms with E-state index in [0.29, 0.717) is 0 Å². The SMILES string of the molecule is CC(=O)c1ncc(C)c(-c2ccccc2C)n1. The summed E-state index contributed by atoms with van der Waals surface area (Å²) in [6.07, 6.45) is 1.70. The van der Waals surface area contributed by atoms with Gasteiger partial charge in [0.05, 0.1) is 5.69 Å². The number of nitrogens with zero attached hydrogens (tertiary/aromatic N) is 2. The van der Waals surface area contributed by atoms with E-state index in [0.717, 1.165) is 22.4 Å². The fraction of sp³-hybridized carbons (Fsp3) is 0.214. The summed E-state index contributed by atoms with van der Waals surface area (Å²) in [5, 5.41) is 0. The van der Waals surface area contributed by atoms with E-state index in [1.54, 1.807) is 6.20 Å². The number of carbonyl (C=O) groups excluding carboxylic acids is 1. The molecule has 1 aromatic carbocycles. The number of rotatable bonds is 2. The molecule has 0 atom stereocenters. The third-order valence-electron chi connectivity index (χ3n) is 2.69. The largest absolute Gasteiger partial charge is 0.291 e. The van der Waals surface area contributed by atoms with Crippen LogP contribution in [-0.2, 0) is 0 Å². The van der Waals surface area contributed by atoms with Crippen LogP contribution in [0.5, 0.6) is 0 Å². The van der Waals surface area contributed by atoms with Gasteiger partial charge in [0.1, 0.15) is 0 Å². The lowest BCUT2D eigenvalue weighted by molar-refractivity contribution is 0.100. The van der Waals surface area contributed by atoms with Crippen molar-refractivity contribution >= 4 is 5.78 Å². The average molecular weight is 226 g/mol. The van der Waals surface area contributed by atoms with Crippen LogP contribution < -0.4 is 0 Å². The summed E-state index contributed by atoms with van der Waals surface area (Å²) >= 11 is 0. The summed E-state index contributed by atoms with van der Waals surface area (Å²) < 4.78 is 0. The molecule has 86 valence electrons. The lowest BCUT2D eigenvalue weighted by Crippen LogP contribution is -2.03. The highest BCUT2D eigenvalue weighted by atomic mass is 16.1. The Labute approximate surface area is 101 Å². The van der Waals surface area contributed by atoms with Gasteiger partial charge in [-0.25, -0.2) is 9.97 Å². The van der Waals surface area contributed by atoms with Gasteiger partial charge in [-0.15, -0.1) is 0 Å². The van der Waals surface area contributed by atoms with Gasteiger partial charge >= 0.3 is 0 Å². The Hall–Kier alpha value is -2.03. The Kier molecular flexibility index (Phi) is 3.00. The number of carbonyl (C=O) groups is 1. The maximum Gasteiger partial charge on any atom is 0.196 e. The first-order chi connectivity index (χ1) is 8.09. The highest BCUT2D eigenvalue weighted by molar-refractivity contribution is 5.90. The number of Topliss-reactive ketones (excluding diaryl/α,β-unsaturated/α-hetero) is 1. The minimum atomic E-state index is -0.111. The number of ketones is 1. The number of aromatic nitrogens is 2. The van der Waals surface area contributed by atoms with Gasteiger partial charge in [0, 0.05) is 18.7 Å². The maximum absolute atomic E-state index is 11.3. The standard InChI is InChI=1S/C14H14N2O/c1-9-6-4-5-7-12(9)13-10(2)8-15-14(16-13)11(3)17/h4-8H,1-3H3. The number of hydrogen-bond donors (Lipinski definition) is 0. The second-order valence-electron chi connectivity index (χ2n) is 4.10. The van der Waals surface area contributed by atoms with Crippen molar-refractivity contribution in [3.05, 3.63) is 47.4 Å². The number of benzene rings is 1. The molecule has 0 aliphatic rings. The molecule has 3 heteroatoms. The van der Waals surface area contributed by atoms with Crippen molar-refractivity contribution in [1.29, 1.82) is 0 Å². The molecule has 0 saturated heterocycles. The van der Waals surface area contributed by atoms with Crippen LogP contribution in [0.25, 0.3) is 11.3 Å². The van der Waals surface area contributed by atoms with Gasteiger partial charge in [-0.05, 0) is 25.0 Å². The summed E-state index contributed by atoms with van der Waals surface area (Å²) in [6, 6.07) is 8.00. The van der Waals surface area contributed by atoms with Crippen LogP contribution in [0.2, 0.25) is 0 Å². The van der Waals surface area contributed by atoms with E-state index in [1.807, 2.05) is 38.1 Å². The molecule has 17 heavy (non-hydrogen) atoms. The lowest BCUT2D eigenvalue weighted by atomic mass is 10.0. The van der Waals surface area contributed by atoms with E-state index in [2.05, 4.69) is 9.97 Å². The summed E-state index contributed by atoms with van der Waals surface area (Å²) in [6.45, 7) is 5.46. The third kappa shape index (κ3) is 2.23. The molecule has 0 saturated carbocycles. The van der Waals surface area contributed by atoms with Gasteiger partial charge in [0.2, 0.25) is 0 Å². The van der Waals surface area contributed by atoms with Gasteiger partial charge < -0.3 is 0 Å². The van der Waals surface area contributed by atoms with E-state index in [9.17, 15) is 4.79 Å². The predicted molar refractivity (Wildman–Crippen MR) is 66.9 cm³/mol. The van der Waals surface area contributed by atoms with Gasteiger partial charge in [-0.3, -0.25) is 4.79 Å². The van der Waals surface area contributed by atoms with Crippen LogP contribution in [0, 0.1) is 13.8 Å². The van der Waals surface area contributed by atoms with E-state index in [-0.39, 0.29) is 11.6 Å². The summed E-state index contributed by atoms with van der Waals surface area (Å²) in [4.78, 5) is 19.7. The average Bonchev–Trinajstić information content (AvgIpc) is 2.30. The summed E-state index contributed by atoms with van der Waals surface area (Å²) in [5.74, 6) is 0.161. The molecule has 0 unspecified atom stereocenters. The van der Waals surface area contributed by atoms with E-state index in [1.165, 1.54) is 6.92 Å². The second-order valence-corrected chi connectivity index (χ2v) is 4.10. The molecule has 0 aliphatic heterocycles. The fourth-order valence-corrected chi connectivity index (χ4v) is 1.72. The summed E-state index contributed by atoms with van der Waals surface area (Å²) in [5.41, 5.74) is 4.01. The Balaban J connectivity index is 2.63. The molecule has 0 radical (unpaired) electrons. The van der Waals surface area contributed by atoms with Crippen molar-refractivity contribution in [2.45, 2.75) is 20.8 Å². The molecule has 0 N–H and O–H groups in total.